The summed E-state index contributed by atoms with van der Waals surface area (Å²) in [6, 6.07) is 0.393. The van der Waals surface area contributed by atoms with Gasteiger partial charge in [-0.25, -0.2) is 4.79 Å². The minimum atomic E-state index is -0.784. The fraction of sp³-hybridized carbons (Fsp3) is 0.833. The fourth-order valence-electron chi connectivity index (χ4n) is 2.83. The van der Waals surface area contributed by atoms with Crippen LogP contribution in [0.2, 0.25) is 0 Å². The van der Waals surface area contributed by atoms with Crippen molar-refractivity contribution < 1.29 is 14.7 Å². The third-order valence-electron chi connectivity index (χ3n) is 3.90. The molecule has 2 amide bonds. The van der Waals surface area contributed by atoms with E-state index in [-0.39, 0.29) is 11.9 Å². The summed E-state index contributed by atoms with van der Waals surface area (Å²) in [5.74, 6) is -1.16. The number of hydrogen-bond acceptors (Lipinski definition) is 2. The summed E-state index contributed by atoms with van der Waals surface area (Å²) >= 11 is 0. The zero-order valence-corrected chi connectivity index (χ0v) is 10.3. The summed E-state index contributed by atoms with van der Waals surface area (Å²) in [5.41, 5.74) is 0. The second-order valence-electron chi connectivity index (χ2n) is 4.95. The molecule has 0 bridgehead atoms. The van der Waals surface area contributed by atoms with Gasteiger partial charge in [0.1, 0.15) is 0 Å². The number of hydrogen-bond donors (Lipinski definition) is 1. The van der Waals surface area contributed by atoms with Crippen LogP contribution in [0.1, 0.15) is 32.6 Å². The van der Waals surface area contributed by atoms with Gasteiger partial charge in [0.15, 0.2) is 0 Å². The van der Waals surface area contributed by atoms with Crippen LogP contribution in [-0.4, -0.2) is 52.6 Å². The van der Waals surface area contributed by atoms with Crippen LogP contribution < -0.4 is 0 Å². The lowest BCUT2D eigenvalue weighted by molar-refractivity contribution is -0.141. The number of carboxylic acids is 1. The van der Waals surface area contributed by atoms with E-state index in [1.807, 2.05) is 4.90 Å². The van der Waals surface area contributed by atoms with Crippen LogP contribution in [-0.2, 0) is 4.79 Å². The molecule has 0 saturated carbocycles. The van der Waals surface area contributed by atoms with E-state index in [1.54, 1.807) is 4.90 Å². The normalized spacial score (nSPS) is 28.8. The summed E-state index contributed by atoms with van der Waals surface area (Å²) < 4.78 is 0. The molecule has 0 aromatic heterocycles. The van der Waals surface area contributed by atoms with Gasteiger partial charge in [-0.15, -0.1) is 0 Å². The Morgan fingerprint density at radius 1 is 1.29 bits per heavy atom. The highest BCUT2D eigenvalue weighted by molar-refractivity contribution is 5.78. The fourth-order valence-corrected chi connectivity index (χ4v) is 2.83. The molecule has 0 spiro atoms. The molecule has 1 N–H and O–H groups in total. The van der Waals surface area contributed by atoms with Crippen LogP contribution in [0.15, 0.2) is 0 Å². The van der Waals surface area contributed by atoms with Crippen LogP contribution in [0.4, 0.5) is 4.79 Å². The molecule has 2 heterocycles. The molecule has 2 aliphatic heterocycles. The highest BCUT2D eigenvalue weighted by Gasteiger charge is 2.36. The Kier molecular flexibility index (Phi) is 3.54. The quantitative estimate of drug-likeness (QED) is 0.793. The van der Waals surface area contributed by atoms with Crippen LogP contribution in [0.5, 0.6) is 0 Å². The third-order valence-corrected chi connectivity index (χ3v) is 3.90. The number of carbonyl (C=O) groups excluding carboxylic acids is 1. The lowest BCUT2D eigenvalue weighted by atomic mass is 10.1. The first kappa shape index (κ1) is 12.2. The van der Waals surface area contributed by atoms with E-state index in [1.165, 1.54) is 0 Å². The Morgan fingerprint density at radius 3 is 2.65 bits per heavy atom. The largest absolute Gasteiger partial charge is 0.481 e. The molecule has 5 nitrogen and oxygen atoms in total. The van der Waals surface area contributed by atoms with Gasteiger partial charge in [-0.1, -0.05) is 6.92 Å². The number of aliphatic carboxylic acids is 1. The maximum absolute atomic E-state index is 12.2. The summed E-state index contributed by atoms with van der Waals surface area (Å²) in [6.45, 7) is 3.88. The Labute approximate surface area is 101 Å². The number of carbonyl (C=O) groups is 2. The van der Waals surface area contributed by atoms with Gasteiger partial charge in [-0.05, 0) is 25.7 Å². The molecular weight excluding hydrogens is 220 g/mol. The first-order chi connectivity index (χ1) is 8.13. The highest BCUT2D eigenvalue weighted by Crippen LogP contribution is 2.24. The Balaban J connectivity index is 1.95. The number of carboxylic acid groups (broad SMARTS) is 1. The van der Waals surface area contributed by atoms with Crippen LogP contribution >= 0.6 is 0 Å². The summed E-state index contributed by atoms with van der Waals surface area (Å²) in [6.07, 6.45) is 3.73. The van der Waals surface area contributed by atoms with Crippen LogP contribution in [0, 0.1) is 5.92 Å². The number of amides is 2. The van der Waals surface area contributed by atoms with Crippen molar-refractivity contribution in [1.29, 1.82) is 0 Å². The zero-order chi connectivity index (χ0) is 12.4. The van der Waals surface area contributed by atoms with E-state index in [4.69, 9.17) is 5.11 Å². The minimum Gasteiger partial charge on any atom is -0.481 e. The van der Waals surface area contributed by atoms with E-state index >= 15 is 0 Å². The maximum Gasteiger partial charge on any atom is 0.320 e. The number of rotatable bonds is 2. The van der Waals surface area contributed by atoms with Crippen molar-refractivity contribution in [2.45, 2.75) is 38.6 Å². The average molecular weight is 240 g/mol. The molecule has 2 unspecified atom stereocenters. The van der Waals surface area contributed by atoms with Crippen molar-refractivity contribution in [1.82, 2.24) is 9.80 Å². The minimum absolute atomic E-state index is 0.0399. The third kappa shape index (κ3) is 2.37. The van der Waals surface area contributed by atoms with Crippen molar-refractivity contribution in [3.05, 3.63) is 0 Å². The predicted octanol–water partition coefficient (Wildman–Crippen LogP) is 1.39. The first-order valence-corrected chi connectivity index (χ1v) is 6.41. The Hall–Kier alpha value is -1.26. The van der Waals surface area contributed by atoms with E-state index in [0.29, 0.717) is 25.6 Å². The lowest BCUT2D eigenvalue weighted by Gasteiger charge is -2.28. The molecule has 0 aromatic rings. The van der Waals surface area contributed by atoms with Crippen LogP contribution in [0.25, 0.3) is 0 Å². The molecule has 2 aliphatic rings. The van der Waals surface area contributed by atoms with Crippen molar-refractivity contribution in [3.63, 3.8) is 0 Å². The van der Waals surface area contributed by atoms with Crippen molar-refractivity contribution in [2.75, 3.05) is 19.6 Å². The molecule has 96 valence electrons. The molecule has 2 atom stereocenters. The smallest absolute Gasteiger partial charge is 0.320 e. The van der Waals surface area contributed by atoms with E-state index in [9.17, 15) is 9.59 Å². The van der Waals surface area contributed by atoms with Gasteiger partial charge in [0, 0.05) is 25.7 Å². The van der Waals surface area contributed by atoms with E-state index in [0.717, 1.165) is 25.8 Å². The summed E-state index contributed by atoms with van der Waals surface area (Å²) in [4.78, 5) is 26.7. The highest BCUT2D eigenvalue weighted by atomic mass is 16.4. The van der Waals surface area contributed by atoms with Gasteiger partial charge < -0.3 is 14.9 Å². The number of urea groups is 1. The summed E-state index contributed by atoms with van der Waals surface area (Å²) in [7, 11) is 0. The molecule has 2 fully saturated rings. The Bertz CT molecular complexity index is 319. The standard InChI is InChI=1S/C12H20N2O3/c1-2-10-4-3-6-14(10)12(17)13-7-5-9(8-13)11(15)16/h9-10H,2-8H2,1H3,(H,15,16). The molecular formula is C12H20N2O3. The predicted molar refractivity (Wildman–Crippen MR) is 62.7 cm³/mol. The topological polar surface area (TPSA) is 60.9 Å². The maximum atomic E-state index is 12.2. The van der Waals surface area contributed by atoms with Gasteiger partial charge in [0.25, 0.3) is 0 Å². The second-order valence-corrected chi connectivity index (χ2v) is 4.95. The van der Waals surface area contributed by atoms with Gasteiger partial charge >= 0.3 is 12.0 Å². The molecule has 2 rings (SSSR count). The van der Waals surface area contributed by atoms with E-state index < -0.39 is 5.97 Å². The molecule has 2 saturated heterocycles. The van der Waals surface area contributed by atoms with Crippen molar-refractivity contribution in [2.24, 2.45) is 5.92 Å². The molecule has 5 heteroatoms. The zero-order valence-electron chi connectivity index (χ0n) is 10.3. The second kappa shape index (κ2) is 4.94. The first-order valence-electron chi connectivity index (χ1n) is 6.41. The molecule has 0 aromatic carbocycles. The monoisotopic (exact) mass is 240 g/mol. The lowest BCUT2D eigenvalue weighted by Crippen LogP contribution is -2.44. The Morgan fingerprint density at radius 2 is 2.06 bits per heavy atom. The van der Waals surface area contributed by atoms with Crippen molar-refractivity contribution in [3.8, 4) is 0 Å². The SMILES string of the molecule is CCC1CCCN1C(=O)N1CCC(C(=O)O)C1. The van der Waals surface area contributed by atoms with Crippen LogP contribution in [0.3, 0.4) is 0 Å². The molecule has 0 radical (unpaired) electrons. The summed E-state index contributed by atoms with van der Waals surface area (Å²) in [5, 5.41) is 8.92. The van der Waals surface area contributed by atoms with E-state index in [2.05, 4.69) is 6.92 Å². The van der Waals surface area contributed by atoms with Crippen molar-refractivity contribution >= 4 is 12.0 Å². The van der Waals surface area contributed by atoms with Gasteiger partial charge in [-0.2, -0.15) is 0 Å². The van der Waals surface area contributed by atoms with Gasteiger partial charge in [-0.3, -0.25) is 4.79 Å². The number of nitrogens with zero attached hydrogens (tertiary/aromatic N) is 2. The average Bonchev–Trinajstić information content (AvgIpc) is 2.96. The molecule has 0 aliphatic carbocycles. The molecule has 17 heavy (non-hydrogen) atoms. The van der Waals surface area contributed by atoms with Gasteiger partial charge in [0.2, 0.25) is 0 Å². The van der Waals surface area contributed by atoms with Gasteiger partial charge in [0.05, 0.1) is 5.92 Å². The number of likely N-dealkylation sites (tertiary alicyclic amines) is 2.